The molecule has 1 aliphatic rings. The van der Waals surface area contributed by atoms with Gasteiger partial charge in [0.05, 0.1) is 13.5 Å². The molecule has 0 bridgehead atoms. The molecule has 1 atom stereocenters. The summed E-state index contributed by atoms with van der Waals surface area (Å²) in [5.74, 6) is 0.223. The van der Waals surface area contributed by atoms with Crippen LogP contribution in [0.2, 0.25) is 0 Å². The molecule has 20 heavy (non-hydrogen) atoms. The Morgan fingerprint density at radius 3 is 2.90 bits per heavy atom. The summed E-state index contributed by atoms with van der Waals surface area (Å²) >= 11 is 0. The Bertz CT molecular complexity index is 655. The number of methoxy groups -OCH3 is 1. The molecule has 3 nitrogen and oxygen atoms in total. The second-order valence-electron chi connectivity index (χ2n) is 5.41. The van der Waals surface area contributed by atoms with Crippen molar-refractivity contribution in [3.05, 3.63) is 41.5 Å². The molecule has 0 heterocycles. The van der Waals surface area contributed by atoms with Gasteiger partial charge in [0.1, 0.15) is 5.75 Å². The van der Waals surface area contributed by atoms with Crippen molar-refractivity contribution in [2.24, 2.45) is 0 Å². The number of carboxylic acids is 1. The molecule has 1 aliphatic carbocycles. The molecule has 2 aromatic carbocycles. The van der Waals surface area contributed by atoms with Crippen LogP contribution in [0.4, 0.5) is 0 Å². The zero-order valence-electron chi connectivity index (χ0n) is 11.6. The molecule has 0 saturated carbocycles. The lowest BCUT2D eigenvalue weighted by atomic mass is 9.78. The van der Waals surface area contributed by atoms with Crippen molar-refractivity contribution >= 4 is 16.7 Å². The number of aliphatic carboxylic acids is 1. The monoisotopic (exact) mass is 270 g/mol. The molecule has 0 amide bonds. The van der Waals surface area contributed by atoms with Crippen LogP contribution in [0.3, 0.4) is 0 Å². The van der Waals surface area contributed by atoms with E-state index in [1.807, 2.05) is 18.2 Å². The van der Waals surface area contributed by atoms with Gasteiger partial charge >= 0.3 is 5.97 Å². The van der Waals surface area contributed by atoms with Crippen LogP contribution < -0.4 is 4.74 Å². The largest absolute Gasteiger partial charge is 0.497 e. The minimum atomic E-state index is -0.720. The van der Waals surface area contributed by atoms with E-state index in [0.717, 1.165) is 35.8 Å². The fourth-order valence-electron chi connectivity index (χ4n) is 3.29. The Hall–Kier alpha value is -2.03. The number of benzene rings is 2. The van der Waals surface area contributed by atoms with Crippen molar-refractivity contribution < 1.29 is 14.6 Å². The Morgan fingerprint density at radius 1 is 1.35 bits per heavy atom. The topological polar surface area (TPSA) is 46.5 Å². The van der Waals surface area contributed by atoms with Crippen LogP contribution in [-0.4, -0.2) is 18.2 Å². The lowest BCUT2D eigenvalue weighted by Gasteiger charge is -2.26. The van der Waals surface area contributed by atoms with Crippen LogP contribution >= 0.6 is 0 Å². The van der Waals surface area contributed by atoms with Gasteiger partial charge in [-0.15, -0.1) is 0 Å². The van der Waals surface area contributed by atoms with Crippen molar-refractivity contribution in [1.82, 2.24) is 0 Å². The number of carboxylic acid groups (broad SMARTS) is 1. The molecule has 0 saturated heterocycles. The molecule has 1 N–H and O–H groups in total. The van der Waals surface area contributed by atoms with Crippen molar-refractivity contribution in [1.29, 1.82) is 0 Å². The third kappa shape index (κ3) is 2.24. The second kappa shape index (κ2) is 5.16. The quantitative estimate of drug-likeness (QED) is 0.924. The first-order valence-electron chi connectivity index (χ1n) is 7.00. The van der Waals surface area contributed by atoms with E-state index in [1.165, 1.54) is 11.1 Å². The van der Waals surface area contributed by atoms with Crippen LogP contribution in [0.1, 0.15) is 36.3 Å². The highest BCUT2D eigenvalue weighted by Gasteiger charge is 2.24. The van der Waals surface area contributed by atoms with Crippen molar-refractivity contribution in [3.63, 3.8) is 0 Å². The van der Waals surface area contributed by atoms with Crippen LogP contribution in [0.5, 0.6) is 5.75 Å². The van der Waals surface area contributed by atoms with Gasteiger partial charge < -0.3 is 9.84 Å². The van der Waals surface area contributed by atoms with E-state index in [2.05, 4.69) is 12.1 Å². The molecular weight excluding hydrogens is 252 g/mol. The maximum Gasteiger partial charge on any atom is 0.303 e. The molecule has 3 heteroatoms. The van der Waals surface area contributed by atoms with Crippen molar-refractivity contribution in [2.75, 3.05) is 7.11 Å². The van der Waals surface area contributed by atoms with Crippen LogP contribution in [0.25, 0.3) is 10.8 Å². The summed E-state index contributed by atoms with van der Waals surface area (Å²) in [6.07, 6.45) is 3.28. The molecule has 3 rings (SSSR count). The van der Waals surface area contributed by atoms with E-state index in [0.29, 0.717) is 0 Å². The van der Waals surface area contributed by atoms with Gasteiger partial charge in [0.25, 0.3) is 0 Å². The van der Waals surface area contributed by atoms with Gasteiger partial charge in [0.2, 0.25) is 0 Å². The average Bonchev–Trinajstić information content (AvgIpc) is 2.46. The van der Waals surface area contributed by atoms with Gasteiger partial charge in [-0.2, -0.15) is 0 Å². The van der Waals surface area contributed by atoms with Gasteiger partial charge in [-0.05, 0) is 59.2 Å². The summed E-state index contributed by atoms with van der Waals surface area (Å²) in [7, 11) is 1.66. The maximum atomic E-state index is 11.1. The first-order valence-corrected chi connectivity index (χ1v) is 7.00. The lowest BCUT2D eigenvalue weighted by Crippen LogP contribution is -2.14. The summed E-state index contributed by atoms with van der Waals surface area (Å²) in [6.45, 7) is 0. The molecule has 2 aromatic rings. The molecular formula is C17H18O3. The molecule has 0 fully saturated rings. The van der Waals surface area contributed by atoms with E-state index >= 15 is 0 Å². The molecule has 0 radical (unpaired) electrons. The summed E-state index contributed by atoms with van der Waals surface area (Å²) in [5.41, 5.74) is 2.51. The van der Waals surface area contributed by atoms with Crippen LogP contribution in [-0.2, 0) is 11.2 Å². The van der Waals surface area contributed by atoms with E-state index in [1.54, 1.807) is 7.11 Å². The summed E-state index contributed by atoms with van der Waals surface area (Å²) in [6, 6.07) is 10.3. The summed E-state index contributed by atoms with van der Waals surface area (Å²) < 4.78 is 5.31. The summed E-state index contributed by atoms with van der Waals surface area (Å²) in [4.78, 5) is 11.1. The predicted molar refractivity (Wildman–Crippen MR) is 78.4 cm³/mol. The van der Waals surface area contributed by atoms with E-state index < -0.39 is 5.97 Å². The highest BCUT2D eigenvalue weighted by molar-refractivity contribution is 5.89. The Kier molecular flexibility index (Phi) is 3.35. The number of aryl methyl sites for hydroxylation is 1. The molecule has 0 aromatic heterocycles. The predicted octanol–water partition coefficient (Wildman–Crippen LogP) is 3.74. The van der Waals surface area contributed by atoms with Gasteiger partial charge in [0.15, 0.2) is 0 Å². The number of ether oxygens (including phenoxy) is 1. The number of hydrogen-bond donors (Lipinski definition) is 1. The van der Waals surface area contributed by atoms with E-state index in [-0.39, 0.29) is 12.3 Å². The van der Waals surface area contributed by atoms with Crippen molar-refractivity contribution in [2.45, 2.75) is 31.6 Å². The maximum absolute atomic E-state index is 11.1. The summed E-state index contributed by atoms with van der Waals surface area (Å²) in [5, 5.41) is 11.4. The molecule has 104 valence electrons. The van der Waals surface area contributed by atoms with Crippen LogP contribution in [0, 0.1) is 0 Å². The molecule has 0 spiro atoms. The van der Waals surface area contributed by atoms with Gasteiger partial charge in [-0.3, -0.25) is 4.79 Å². The highest BCUT2D eigenvalue weighted by atomic mass is 16.5. The normalized spacial score (nSPS) is 17.8. The fourth-order valence-corrected chi connectivity index (χ4v) is 3.29. The fraction of sp³-hybridized carbons (Fsp3) is 0.353. The third-order valence-electron chi connectivity index (χ3n) is 4.19. The van der Waals surface area contributed by atoms with E-state index in [4.69, 9.17) is 9.84 Å². The lowest BCUT2D eigenvalue weighted by molar-refractivity contribution is -0.137. The van der Waals surface area contributed by atoms with E-state index in [9.17, 15) is 4.79 Å². The number of fused-ring (bicyclic) bond motifs is 3. The first-order chi connectivity index (χ1) is 9.69. The van der Waals surface area contributed by atoms with Crippen molar-refractivity contribution in [3.8, 4) is 5.75 Å². The highest BCUT2D eigenvalue weighted by Crippen LogP contribution is 2.39. The number of carbonyl (C=O) groups is 1. The molecule has 0 aliphatic heterocycles. The van der Waals surface area contributed by atoms with Gasteiger partial charge in [0, 0.05) is 0 Å². The van der Waals surface area contributed by atoms with Gasteiger partial charge in [-0.1, -0.05) is 18.2 Å². The first kappa shape index (κ1) is 13.0. The average molecular weight is 270 g/mol. The zero-order chi connectivity index (χ0) is 14.1. The third-order valence-corrected chi connectivity index (χ3v) is 4.19. The Balaban J connectivity index is 2.19. The minimum Gasteiger partial charge on any atom is -0.497 e. The second-order valence-corrected chi connectivity index (χ2v) is 5.41. The SMILES string of the molecule is COc1ccc2ccc3c(c2c1)C(CC(=O)O)CCC3. The van der Waals surface area contributed by atoms with Gasteiger partial charge in [-0.25, -0.2) is 0 Å². The standard InChI is InChI=1S/C17H18O3/c1-20-14-8-7-11-5-6-12-3-2-4-13(9-16(18)19)17(12)15(11)10-14/h5-8,10,13H,2-4,9H2,1H3,(H,18,19). The Morgan fingerprint density at radius 2 is 2.15 bits per heavy atom. The molecule has 1 unspecified atom stereocenters. The van der Waals surface area contributed by atoms with Crippen LogP contribution in [0.15, 0.2) is 30.3 Å². The smallest absolute Gasteiger partial charge is 0.303 e. The Labute approximate surface area is 118 Å². The number of rotatable bonds is 3. The zero-order valence-corrected chi connectivity index (χ0v) is 11.6. The number of hydrogen-bond acceptors (Lipinski definition) is 2. The minimum absolute atomic E-state index is 0.118.